The minimum atomic E-state index is 0.458. The molecule has 3 heteroatoms. The van der Waals surface area contributed by atoms with E-state index in [1.165, 1.54) is 39.0 Å². The highest BCUT2D eigenvalue weighted by molar-refractivity contribution is 4.65. The molecule has 0 aromatic rings. The summed E-state index contributed by atoms with van der Waals surface area (Å²) in [6, 6.07) is 0.911. The Balaban J connectivity index is 1.88. The average Bonchev–Trinajstić information content (AvgIpc) is 2.18. The van der Waals surface area contributed by atoms with E-state index in [0.717, 1.165) is 6.04 Å². The van der Waals surface area contributed by atoms with Gasteiger partial charge < -0.3 is 15.0 Å². The second kappa shape index (κ2) is 4.60. The molecule has 0 saturated carbocycles. The molecule has 0 amide bonds. The summed E-state index contributed by atoms with van der Waals surface area (Å²) in [6.07, 6.45) is 3.71. The van der Waals surface area contributed by atoms with Gasteiger partial charge >= 0.3 is 0 Å². The van der Waals surface area contributed by atoms with Crippen molar-refractivity contribution >= 4 is 0 Å². The molecule has 2 aliphatic rings. The molecule has 2 fully saturated rings. The number of rotatable bonds is 1. The van der Waals surface area contributed by atoms with Crippen LogP contribution in [0.5, 0.6) is 0 Å². The summed E-state index contributed by atoms with van der Waals surface area (Å²) < 4.78 is 5.78. The lowest BCUT2D eigenvalue weighted by Crippen LogP contribution is -3.20. The summed E-state index contributed by atoms with van der Waals surface area (Å²) in [5.74, 6) is 0. The Bertz CT molecular complexity index is 170. The highest BCUT2D eigenvalue weighted by Gasteiger charge is 2.32. The third-order valence-electron chi connectivity index (χ3n) is 3.58. The molecule has 2 heterocycles. The van der Waals surface area contributed by atoms with Crippen molar-refractivity contribution in [1.29, 1.82) is 0 Å². The van der Waals surface area contributed by atoms with E-state index in [1.54, 1.807) is 4.90 Å². The topological polar surface area (TPSA) is 30.3 Å². The number of hydrogen-bond donors (Lipinski definition) is 2. The Hall–Kier alpha value is -0.120. The molecular weight excluding hydrogens is 176 g/mol. The van der Waals surface area contributed by atoms with Crippen molar-refractivity contribution in [3.05, 3.63) is 0 Å². The first-order valence-corrected chi connectivity index (χ1v) is 6.07. The van der Waals surface area contributed by atoms with Crippen molar-refractivity contribution in [2.45, 2.75) is 44.9 Å². The van der Waals surface area contributed by atoms with Crippen LogP contribution in [0.25, 0.3) is 0 Å². The maximum Gasteiger partial charge on any atom is 0.104 e. The minimum Gasteiger partial charge on any atom is -0.364 e. The zero-order valence-corrected chi connectivity index (χ0v) is 9.46. The van der Waals surface area contributed by atoms with Crippen LogP contribution >= 0.6 is 0 Å². The molecule has 0 aliphatic carbocycles. The Morgan fingerprint density at radius 2 is 1.64 bits per heavy atom. The molecule has 0 spiro atoms. The number of piperidine rings is 1. The smallest absolute Gasteiger partial charge is 0.104 e. The van der Waals surface area contributed by atoms with Crippen LogP contribution in [0.3, 0.4) is 0 Å². The maximum atomic E-state index is 5.78. The van der Waals surface area contributed by atoms with Gasteiger partial charge in [0.05, 0.1) is 19.1 Å². The fourth-order valence-electron chi connectivity index (χ4n) is 2.98. The largest absolute Gasteiger partial charge is 0.364 e. The molecule has 2 atom stereocenters. The summed E-state index contributed by atoms with van der Waals surface area (Å²) >= 11 is 0. The summed E-state index contributed by atoms with van der Waals surface area (Å²) in [5.41, 5.74) is 0. The number of nitrogens with two attached hydrogens (primary N) is 1. The molecule has 2 aliphatic heterocycles. The lowest BCUT2D eigenvalue weighted by atomic mass is 10.0. The highest BCUT2D eigenvalue weighted by Crippen LogP contribution is 2.02. The first kappa shape index (κ1) is 10.4. The second-order valence-electron chi connectivity index (χ2n) is 4.96. The van der Waals surface area contributed by atoms with Crippen LogP contribution in [0, 0.1) is 0 Å². The molecule has 0 unspecified atom stereocenters. The van der Waals surface area contributed by atoms with Crippen LogP contribution in [0.4, 0.5) is 0 Å². The van der Waals surface area contributed by atoms with Gasteiger partial charge in [-0.2, -0.15) is 0 Å². The van der Waals surface area contributed by atoms with Gasteiger partial charge in [-0.05, 0) is 13.8 Å². The van der Waals surface area contributed by atoms with Gasteiger partial charge in [0.15, 0.2) is 0 Å². The quantitative estimate of drug-likeness (QED) is 0.525. The van der Waals surface area contributed by atoms with Gasteiger partial charge in [0.1, 0.15) is 25.3 Å². The summed E-state index contributed by atoms with van der Waals surface area (Å²) in [6.45, 7) is 9.52. The van der Waals surface area contributed by atoms with Crippen LogP contribution in [0.15, 0.2) is 0 Å². The summed E-state index contributed by atoms with van der Waals surface area (Å²) in [5, 5.41) is 2.45. The molecular formula is C11H24N2O+2. The Kier molecular flexibility index (Phi) is 3.42. The number of ether oxygens (including phenoxy) is 1. The van der Waals surface area contributed by atoms with Crippen molar-refractivity contribution in [3.63, 3.8) is 0 Å². The maximum absolute atomic E-state index is 5.78. The molecule has 3 N–H and O–H groups in total. The highest BCUT2D eigenvalue weighted by atomic mass is 16.5. The van der Waals surface area contributed by atoms with E-state index >= 15 is 0 Å². The zero-order chi connectivity index (χ0) is 9.97. The van der Waals surface area contributed by atoms with E-state index in [9.17, 15) is 0 Å². The van der Waals surface area contributed by atoms with Crippen LogP contribution in [0.2, 0.25) is 0 Å². The standard InChI is InChI=1S/C11H22N2O/c1-9-7-13(8-10(2)14-9)11-3-5-12-6-4-11/h9-12H,3-8H2,1-2H3/p+2/t9-,10-/m1/s1. The lowest BCUT2D eigenvalue weighted by molar-refractivity contribution is -0.945. The molecule has 2 rings (SSSR count). The van der Waals surface area contributed by atoms with E-state index in [0.29, 0.717) is 12.2 Å². The number of quaternary nitrogens is 2. The number of hydrogen-bond acceptors (Lipinski definition) is 1. The van der Waals surface area contributed by atoms with Gasteiger partial charge in [0.25, 0.3) is 0 Å². The summed E-state index contributed by atoms with van der Waals surface area (Å²) in [7, 11) is 0. The third kappa shape index (κ3) is 2.47. The normalized spacial score (nSPS) is 41.1. The van der Waals surface area contributed by atoms with Crippen LogP contribution in [-0.2, 0) is 4.74 Å². The van der Waals surface area contributed by atoms with Gasteiger partial charge in [-0.3, -0.25) is 0 Å². The average molecular weight is 200 g/mol. The molecule has 14 heavy (non-hydrogen) atoms. The molecule has 0 radical (unpaired) electrons. The van der Waals surface area contributed by atoms with Crippen molar-refractivity contribution in [2.24, 2.45) is 0 Å². The first-order chi connectivity index (χ1) is 6.75. The van der Waals surface area contributed by atoms with Crippen molar-refractivity contribution in [3.8, 4) is 0 Å². The van der Waals surface area contributed by atoms with E-state index < -0.39 is 0 Å². The number of morpholine rings is 1. The van der Waals surface area contributed by atoms with Crippen LogP contribution in [-0.4, -0.2) is 44.4 Å². The van der Waals surface area contributed by atoms with Crippen LogP contribution < -0.4 is 10.2 Å². The van der Waals surface area contributed by atoms with Crippen molar-refractivity contribution in [2.75, 3.05) is 26.2 Å². The van der Waals surface area contributed by atoms with Gasteiger partial charge in [-0.25, -0.2) is 0 Å². The molecule has 82 valence electrons. The predicted octanol–water partition coefficient (Wildman–Crippen LogP) is -1.60. The van der Waals surface area contributed by atoms with Gasteiger partial charge in [-0.1, -0.05) is 0 Å². The van der Waals surface area contributed by atoms with E-state index in [2.05, 4.69) is 19.2 Å². The van der Waals surface area contributed by atoms with Crippen molar-refractivity contribution in [1.82, 2.24) is 0 Å². The Morgan fingerprint density at radius 3 is 2.21 bits per heavy atom. The minimum absolute atomic E-state index is 0.458. The summed E-state index contributed by atoms with van der Waals surface area (Å²) in [4.78, 5) is 1.80. The number of nitrogens with one attached hydrogen (secondary N) is 1. The zero-order valence-electron chi connectivity index (χ0n) is 9.46. The SMILES string of the molecule is C[C@@H]1C[NH+](C2CC[NH2+]CC2)C[C@@H](C)O1. The fraction of sp³-hybridized carbons (Fsp3) is 1.00. The van der Waals surface area contributed by atoms with Gasteiger partial charge in [-0.15, -0.1) is 0 Å². The third-order valence-corrected chi connectivity index (χ3v) is 3.58. The molecule has 2 saturated heterocycles. The lowest BCUT2D eigenvalue weighted by Gasteiger charge is -2.38. The Morgan fingerprint density at radius 1 is 1.07 bits per heavy atom. The van der Waals surface area contributed by atoms with Gasteiger partial charge in [0, 0.05) is 12.8 Å². The monoisotopic (exact) mass is 200 g/mol. The van der Waals surface area contributed by atoms with E-state index in [1.807, 2.05) is 0 Å². The van der Waals surface area contributed by atoms with Crippen LogP contribution in [0.1, 0.15) is 26.7 Å². The van der Waals surface area contributed by atoms with E-state index in [-0.39, 0.29) is 0 Å². The van der Waals surface area contributed by atoms with E-state index in [4.69, 9.17) is 4.74 Å². The molecule has 0 bridgehead atoms. The van der Waals surface area contributed by atoms with Crippen molar-refractivity contribution < 1.29 is 15.0 Å². The molecule has 0 aromatic heterocycles. The van der Waals surface area contributed by atoms with Gasteiger partial charge in [0.2, 0.25) is 0 Å². The molecule has 3 nitrogen and oxygen atoms in total. The predicted molar refractivity (Wildman–Crippen MR) is 55.4 cm³/mol. The molecule has 0 aromatic carbocycles. The first-order valence-electron chi connectivity index (χ1n) is 6.07. The Labute approximate surface area is 86.8 Å². The fourth-order valence-corrected chi connectivity index (χ4v) is 2.98. The second-order valence-corrected chi connectivity index (χ2v) is 4.96.